The van der Waals surface area contributed by atoms with Gasteiger partial charge in [-0.3, -0.25) is 9.59 Å². The summed E-state index contributed by atoms with van der Waals surface area (Å²) >= 11 is 0. The van der Waals surface area contributed by atoms with Gasteiger partial charge < -0.3 is 20.3 Å². The Hall–Kier alpha value is -1.92. The first-order valence-corrected chi connectivity index (χ1v) is 37.8. The fourth-order valence-corrected chi connectivity index (χ4v) is 11.9. The van der Waals surface area contributed by atoms with Crippen LogP contribution in [0.4, 0.5) is 0 Å². The minimum absolute atomic E-state index is 0.00503. The van der Waals surface area contributed by atoms with Crippen molar-refractivity contribution in [2.24, 2.45) is 0 Å². The van der Waals surface area contributed by atoms with Crippen molar-refractivity contribution < 1.29 is 24.5 Å². The number of aliphatic hydroxyl groups excluding tert-OH is 2. The van der Waals surface area contributed by atoms with Crippen LogP contribution in [0.15, 0.2) is 36.5 Å². The maximum Gasteiger partial charge on any atom is 0.305 e. The second-order valence-electron chi connectivity index (χ2n) is 26.0. The average molecular weight is 1170 g/mol. The molecule has 0 aromatic heterocycles. The van der Waals surface area contributed by atoms with Crippen molar-refractivity contribution in [3.05, 3.63) is 36.5 Å². The molecule has 0 saturated heterocycles. The van der Waals surface area contributed by atoms with Gasteiger partial charge >= 0.3 is 5.97 Å². The van der Waals surface area contributed by atoms with Gasteiger partial charge in [-0.25, -0.2) is 0 Å². The van der Waals surface area contributed by atoms with Gasteiger partial charge in [0.2, 0.25) is 5.91 Å². The van der Waals surface area contributed by atoms with Crippen molar-refractivity contribution in [1.82, 2.24) is 5.32 Å². The second kappa shape index (κ2) is 72.6. The van der Waals surface area contributed by atoms with Crippen LogP contribution < -0.4 is 5.32 Å². The highest BCUT2D eigenvalue weighted by atomic mass is 16.5. The molecule has 0 aliphatic rings. The van der Waals surface area contributed by atoms with Crippen LogP contribution in [-0.4, -0.2) is 47.4 Å². The number of nitrogens with one attached hydrogen (secondary N) is 1. The van der Waals surface area contributed by atoms with Gasteiger partial charge in [0.1, 0.15) is 0 Å². The Morgan fingerprint density at radius 2 is 0.602 bits per heavy atom. The highest BCUT2D eigenvalue weighted by molar-refractivity contribution is 5.76. The lowest BCUT2D eigenvalue weighted by Gasteiger charge is -2.20. The Balaban J connectivity index is 3.38. The standard InChI is InChI=1S/C77H147NO5/c1-3-5-7-9-11-13-15-17-19-20-21-22-29-32-35-38-42-45-49-53-57-61-65-69-75(80)74(73-79)78-76(81)70-66-62-58-54-50-46-43-39-36-33-30-27-25-23-24-26-28-31-34-37-40-44-48-52-56-60-64-68-72-83-77(82)71-67-63-59-55-51-47-41-18-16-14-12-10-8-6-4-2/h12,14,18,41,65,69,74-75,79-80H,3-11,13,15-17,19-40,42-64,66-68,70-73H2,1-2H3,(H,78,81)/b14-12-,41-18-,69-65+. The molecule has 0 fully saturated rings. The molecule has 0 saturated carbocycles. The molecule has 0 rings (SSSR count). The number of hydrogen-bond donors (Lipinski definition) is 3. The SMILES string of the molecule is CCCCC/C=C\C/C=C\CCCCCCCC(=O)OCCCCCCCCCCCCCCCCCCCCCCCCCCCCCCC(=O)NC(CO)C(O)/C=C/CCCCCCCCCCCCCCCCCCCCCCC. The van der Waals surface area contributed by atoms with Crippen molar-refractivity contribution in [3.63, 3.8) is 0 Å². The highest BCUT2D eigenvalue weighted by Gasteiger charge is 2.18. The Morgan fingerprint density at radius 1 is 0.337 bits per heavy atom. The molecular formula is C77H147NO5. The molecule has 83 heavy (non-hydrogen) atoms. The molecule has 2 unspecified atom stereocenters. The molecule has 0 aromatic rings. The van der Waals surface area contributed by atoms with E-state index in [1.165, 1.54) is 340 Å². The third kappa shape index (κ3) is 69.1. The summed E-state index contributed by atoms with van der Waals surface area (Å²) in [7, 11) is 0. The van der Waals surface area contributed by atoms with Crippen LogP contribution in [-0.2, 0) is 14.3 Å². The minimum atomic E-state index is -0.844. The topological polar surface area (TPSA) is 95.9 Å². The van der Waals surface area contributed by atoms with Crippen molar-refractivity contribution in [2.75, 3.05) is 13.2 Å². The molecule has 490 valence electrons. The van der Waals surface area contributed by atoms with Gasteiger partial charge in [0.05, 0.1) is 25.4 Å². The number of unbranched alkanes of at least 4 members (excludes halogenated alkanes) is 56. The normalized spacial score (nSPS) is 12.7. The monoisotopic (exact) mass is 1170 g/mol. The van der Waals surface area contributed by atoms with E-state index in [0.29, 0.717) is 19.4 Å². The largest absolute Gasteiger partial charge is 0.466 e. The van der Waals surface area contributed by atoms with Gasteiger partial charge in [0, 0.05) is 12.8 Å². The van der Waals surface area contributed by atoms with E-state index in [0.717, 1.165) is 51.4 Å². The molecule has 0 heterocycles. The van der Waals surface area contributed by atoms with E-state index in [-0.39, 0.29) is 18.5 Å². The van der Waals surface area contributed by atoms with E-state index >= 15 is 0 Å². The van der Waals surface area contributed by atoms with Gasteiger partial charge in [0.25, 0.3) is 0 Å². The number of carbonyl (C=O) groups excluding carboxylic acids is 2. The van der Waals surface area contributed by atoms with Crippen LogP contribution >= 0.6 is 0 Å². The molecule has 2 atom stereocenters. The molecule has 3 N–H and O–H groups in total. The Labute approximate surface area is 519 Å². The Morgan fingerprint density at radius 3 is 0.940 bits per heavy atom. The van der Waals surface area contributed by atoms with Crippen LogP contribution in [0, 0.1) is 0 Å². The van der Waals surface area contributed by atoms with E-state index in [9.17, 15) is 19.8 Å². The number of carbonyl (C=O) groups is 2. The third-order valence-electron chi connectivity index (χ3n) is 17.7. The summed E-state index contributed by atoms with van der Waals surface area (Å²) in [6.07, 6.45) is 93.9. The van der Waals surface area contributed by atoms with Gasteiger partial charge in [-0.15, -0.1) is 0 Å². The van der Waals surface area contributed by atoms with Crippen molar-refractivity contribution >= 4 is 11.9 Å². The van der Waals surface area contributed by atoms with E-state index in [4.69, 9.17) is 4.74 Å². The van der Waals surface area contributed by atoms with Crippen molar-refractivity contribution in [2.45, 2.75) is 431 Å². The van der Waals surface area contributed by atoms with Crippen molar-refractivity contribution in [1.29, 1.82) is 0 Å². The second-order valence-corrected chi connectivity index (χ2v) is 26.0. The lowest BCUT2D eigenvalue weighted by molar-refractivity contribution is -0.143. The predicted octanol–water partition coefficient (Wildman–Crippen LogP) is 24.7. The first kappa shape index (κ1) is 81.1. The predicted molar refractivity (Wildman–Crippen MR) is 366 cm³/mol. The Bertz CT molecular complexity index is 1340. The maximum absolute atomic E-state index is 12.5. The molecule has 0 aromatic carbocycles. The lowest BCUT2D eigenvalue weighted by atomic mass is 10.0. The first-order valence-electron chi connectivity index (χ1n) is 37.8. The van der Waals surface area contributed by atoms with Crippen LogP contribution in [0.2, 0.25) is 0 Å². The molecule has 0 radical (unpaired) electrons. The quantitative estimate of drug-likeness (QED) is 0.0320. The molecule has 0 aliphatic carbocycles. The number of rotatable bonds is 71. The van der Waals surface area contributed by atoms with E-state index in [1.807, 2.05) is 6.08 Å². The number of amides is 1. The molecule has 1 amide bonds. The summed E-state index contributed by atoms with van der Waals surface area (Å²) in [5.74, 6) is -0.0554. The zero-order valence-electron chi connectivity index (χ0n) is 56.2. The minimum Gasteiger partial charge on any atom is -0.466 e. The summed E-state index contributed by atoms with van der Waals surface area (Å²) in [5, 5.41) is 23.3. The molecule has 0 aliphatic heterocycles. The smallest absolute Gasteiger partial charge is 0.305 e. The van der Waals surface area contributed by atoms with Gasteiger partial charge in [-0.1, -0.05) is 378 Å². The van der Waals surface area contributed by atoms with E-state index < -0.39 is 12.1 Å². The van der Waals surface area contributed by atoms with E-state index in [2.05, 4.69) is 43.5 Å². The zero-order chi connectivity index (χ0) is 59.9. The van der Waals surface area contributed by atoms with Crippen LogP contribution in [0.25, 0.3) is 0 Å². The summed E-state index contributed by atoms with van der Waals surface area (Å²) < 4.78 is 5.49. The van der Waals surface area contributed by atoms with E-state index in [1.54, 1.807) is 6.08 Å². The number of ether oxygens (including phenoxy) is 1. The fraction of sp³-hybridized carbons (Fsp3) is 0.896. The lowest BCUT2D eigenvalue weighted by Crippen LogP contribution is -2.45. The summed E-state index contributed by atoms with van der Waals surface area (Å²) in [6.45, 7) is 4.91. The van der Waals surface area contributed by atoms with Gasteiger partial charge in [0.15, 0.2) is 0 Å². The molecule has 0 bridgehead atoms. The maximum atomic E-state index is 12.5. The summed E-state index contributed by atoms with van der Waals surface area (Å²) in [5.41, 5.74) is 0. The van der Waals surface area contributed by atoms with Crippen LogP contribution in [0.3, 0.4) is 0 Å². The molecule has 0 spiro atoms. The average Bonchev–Trinajstić information content (AvgIpc) is 3.49. The molecular weight excluding hydrogens is 1020 g/mol. The number of aliphatic hydroxyl groups is 2. The third-order valence-corrected chi connectivity index (χ3v) is 17.7. The van der Waals surface area contributed by atoms with Crippen molar-refractivity contribution in [3.8, 4) is 0 Å². The number of hydrogen-bond acceptors (Lipinski definition) is 5. The summed E-state index contributed by atoms with van der Waals surface area (Å²) in [6, 6.07) is -0.627. The Kier molecular flexibility index (Phi) is 70.9. The fourth-order valence-electron chi connectivity index (χ4n) is 11.9. The zero-order valence-corrected chi connectivity index (χ0v) is 56.2. The van der Waals surface area contributed by atoms with Gasteiger partial charge in [-0.05, 0) is 64.2 Å². The molecule has 6 nitrogen and oxygen atoms in total. The van der Waals surface area contributed by atoms with Crippen LogP contribution in [0.1, 0.15) is 418 Å². The van der Waals surface area contributed by atoms with Gasteiger partial charge in [-0.2, -0.15) is 0 Å². The number of allylic oxidation sites excluding steroid dienone is 5. The van der Waals surface area contributed by atoms with Crippen LogP contribution in [0.5, 0.6) is 0 Å². The highest BCUT2D eigenvalue weighted by Crippen LogP contribution is 2.19. The number of esters is 1. The molecule has 6 heteroatoms. The summed E-state index contributed by atoms with van der Waals surface area (Å²) in [4.78, 5) is 24.6. The first-order chi connectivity index (χ1) is 41.0.